The standard InChI is InChI=1S/3C10H20O2S.C4H9.Sn/c3*1-7(6-10(2,3)4)5-8(13)9(11)12;1-3-4-2;/h3*7-8,13H,5-6H2,1-4H3,(H,11,12);1,3-4H2,2H3;/q;;;;+3/p-3. The third-order valence-corrected chi connectivity index (χ3v) is 8.38. The predicted octanol–water partition coefficient (Wildman–Crippen LogP) is 5.86. The minimum atomic E-state index is -1.07. The summed E-state index contributed by atoms with van der Waals surface area (Å²) in [6, 6.07) is 0. The fraction of sp³-hybridized carbons (Fsp3) is 0.912. The van der Waals surface area contributed by atoms with Crippen molar-refractivity contribution in [1.82, 2.24) is 0 Å². The number of thiol groups is 3. The second-order valence-electron chi connectivity index (χ2n) is 15.9. The number of carboxylic acids is 3. The quantitative estimate of drug-likeness (QED) is 0.150. The van der Waals surface area contributed by atoms with Gasteiger partial charge in [-0.25, -0.2) is 0 Å². The number of hydrogen-bond acceptors (Lipinski definition) is 9. The molecule has 0 spiro atoms. The van der Waals surface area contributed by atoms with E-state index in [4.69, 9.17) is 0 Å². The zero-order chi connectivity index (χ0) is 36.1. The Hall–Kier alpha value is 0.259. The molecule has 0 saturated heterocycles. The fourth-order valence-corrected chi connectivity index (χ4v) is 7.08. The molecule has 260 valence electrons. The van der Waals surface area contributed by atoms with E-state index in [1.807, 2.05) is 0 Å². The van der Waals surface area contributed by atoms with Crippen LogP contribution in [0.4, 0.5) is 0 Å². The van der Waals surface area contributed by atoms with Gasteiger partial charge in [0.15, 0.2) is 0 Å². The summed E-state index contributed by atoms with van der Waals surface area (Å²) in [7, 11) is 0. The first kappa shape index (κ1) is 51.1. The van der Waals surface area contributed by atoms with Gasteiger partial charge in [0.1, 0.15) is 0 Å². The second-order valence-corrected chi connectivity index (χ2v) is 19.2. The molecule has 0 aliphatic carbocycles. The number of hydrogen-bond donors (Lipinski definition) is 3. The van der Waals surface area contributed by atoms with Crippen molar-refractivity contribution in [1.29, 1.82) is 0 Å². The van der Waals surface area contributed by atoms with Gasteiger partial charge in [-0.15, -0.1) is 0 Å². The van der Waals surface area contributed by atoms with E-state index in [2.05, 4.69) is 128 Å². The van der Waals surface area contributed by atoms with E-state index in [0.29, 0.717) is 37.0 Å². The van der Waals surface area contributed by atoms with Crippen LogP contribution >= 0.6 is 37.9 Å². The molecule has 0 heterocycles. The first-order valence-electron chi connectivity index (χ1n) is 15.9. The van der Waals surface area contributed by atoms with Gasteiger partial charge in [-0.2, -0.15) is 37.9 Å². The molecular weight excluding hydrogens is 719 g/mol. The van der Waals surface area contributed by atoms with Crippen LogP contribution in [0, 0.1) is 34.0 Å². The molecule has 0 aromatic rings. The van der Waals surface area contributed by atoms with Gasteiger partial charge in [-0.1, -0.05) is 83.1 Å². The number of carboxylic acid groups (broad SMARTS) is 3. The normalized spacial score (nSPS) is 15.8. The average Bonchev–Trinajstić information content (AvgIpc) is 2.76. The van der Waals surface area contributed by atoms with Gasteiger partial charge >= 0.3 is 46.7 Å². The molecular formula is C34H66O6S3Sn. The Kier molecular flexibility index (Phi) is 30.5. The molecule has 6 atom stereocenters. The van der Waals surface area contributed by atoms with Crippen molar-refractivity contribution in [3.05, 3.63) is 0 Å². The van der Waals surface area contributed by atoms with Crippen molar-refractivity contribution in [3.63, 3.8) is 0 Å². The van der Waals surface area contributed by atoms with Gasteiger partial charge in [0, 0.05) is 15.7 Å². The predicted molar refractivity (Wildman–Crippen MR) is 192 cm³/mol. The summed E-state index contributed by atoms with van der Waals surface area (Å²) in [5, 5.41) is 29.4. The van der Waals surface area contributed by atoms with E-state index >= 15 is 0 Å². The Bertz CT molecular complexity index is 662. The molecule has 10 heteroatoms. The van der Waals surface area contributed by atoms with Crippen molar-refractivity contribution >= 4 is 78.3 Å². The summed E-state index contributed by atoms with van der Waals surface area (Å²) in [5.41, 5.74) is 0.747. The summed E-state index contributed by atoms with van der Waals surface area (Å²) in [4.78, 5) is 31.2. The Morgan fingerprint density at radius 1 is 0.568 bits per heavy atom. The van der Waals surface area contributed by atoms with Crippen molar-refractivity contribution in [2.24, 2.45) is 34.0 Å². The summed E-state index contributed by atoms with van der Waals surface area (Å²) in [5.74, 6) is -2.07. The zero-order valence-electron chi connectivity index (χ0n) is 30.1. The topological polar surface area (TPSA) is 120 Å². The average molecular weight is 786 g/mol. The Balaban J connectivity index is -0.000000253. The summed E-state index contributed by atoms with van der Waals surface area (Å²) in [6.07, 6.45) is 7.59. The summed E-state index contributed by atoms with van der Waals surface area (Å²) >= 11 is 13.5. The molecule has 0 amide bonds. The van der Waals surface area contributed by atoms with Crippen LogP contribution in [0.5, 0.6) is 0 Å². The van der Waals surface area contributed by atoms with E-state index < -0.39 is 33.7 Å². The Morgan fingerprint density at radius 3 is 0.864 bits per heavy atom. The van der Waals surface area contributed by atoms with Crippen LogP contribution in [0.15, 0.2) is 0 Å². The SMILES string of the molecule is CC(CC(S)C(=O)[O-])CC(C)(C)C.CC(CC(S)C(=O)[O-])CC(C)(C)C.CC(CC(S)C(=O)[O-])CC(C)(C)C.CCC[CH2][Sn+3]. The fourth-order valence-electron chi connectivity index (χ4n) is 4.99. The summed E-state index contributed by atoms with van der Waals surface area (Å²) < 4.78 is 1.43. The van der Waals surface area contributed by atoms with Crippen molar-refractivity contribution in [2.45, 2.75) is 162 Å². The Labute approximate surface area is 301 Å². The molecule has 0 fully saturated rings. The van der Waals surface area contributed by atoms with Gasteiger partial charge in [-0.3, -0.25) is 0 Å². The number of carbonyl (C=O) groups excluding carboxylic acids is 3. The monoisotopic (exact) mass is 786 g/mol. The first-order valence-corrected chi connectivity index (χ1v) is 19.5. The maximum absolute atomic E-state index is 10.4. The van der Waals surface area contributed by atoms with Crippen molar-refractivity contribution in [3.8, 4) is 0 Å². The third-order valence-electron chi connectivity index (χ3n) is 6.11. The van der Waals surface area contributed by atoms with Crippen LogP contribution in [0.2, 0.25) is 4.44 Å². The van der Waals surface area contributed by atoms with Crippen LogP contribution in [0.3, 0.4) is 0 Å². The van der Waals surface area contributed by atoms with E-state index in [1.54, 1.807) is 22.5 Å². The van der Waals surface area contributed by atoms with E-state index in [0.717, 1.165) is 19.3 Å². The van der Waals surface area contributed by atoms with Crippen LogP contribution in [-0.4, -0.2) is 56.2 Å². The van der Waals surface area contributed by atoms with Gasteiger partial charge in [0.25, 0.3) is 0 Å². The number of rotatable bonds is 14. The van der Waals surface area contributed by atoms with E-state index in [-0.39, 0.29) is 16.2 Å². The second kappa shape index (κ2) is 26.2. The maximum atomic E-state index is 10.4. The molecule has 44 heavy (non-hydrogen) atoms. The molecule has 0 rings (SSSR count). The number of carbonyl (C=O) groups is 3. The zero-order valence-corrected chi connectivity index (χ0v) is 35.7. The number of aliphatic carboxylic acids is 3. The molecule has 6 unspecified atom stereocenters. The van der Waals surface area contributed by atoms with Gasteiger partial charge in [0.05, 0.1) is 17.9 Å². The van der Waals surface area contributed by atoms with Crippen LogP contribution in [-0.2, 0) is 14.4 Å². The van der Waals surface area contributed by atoms with E-state index in [1.165, 1.54) is 17.3 Å². The van der Waals surface area contributed by atoms with Crippen LogP contribution in [0.25, 0.3) is 0 Å². The molecule has 6 nitrogen and oxygen atoms in total. The van der Waals surface area contributed by atoms with Crippen molar-refractivity contribution < 1.29 is 29.7 Å². The molecule has 0 bridgehead atoms. The van der Waals surface area contributed by atoms with Crippen LogP contribution in [0.1, 0.15) is 141 Å². The number of unbranched alkanes of at least 4 members (excludes halogenated alkanes) is 1. The molecule has 0 aliphatic heterocycles. The van der Waals surface area contributed by atoms with Gasteiger partial charge in [-0.05, 0) is 72.5 Å². The Morgan fingerprint density at radius 2 is 0.773 bits per heavy atom. The molecule has 0 N–H and O–H groups in total. The van der Waals surface area contributed by atoms with Crippen molar-refractivity contribution in [2.75, 3.05) is 0 Å². The molecule has 0 radical (unpaired) electrons. The van der Waals surface area contributed by atoms with E-state index in [9.17, 15) is 29.7 Å². The molecule has 0 saturated carbocycles. The minimum absolute atomic E-state index is 0.249. The summed E-state index contributed by atoms with van der Waals surface area (Å²) in [6.45, 7) is 27.7. The van der Waals surface area contributed by atoms with Gasteiger partial charge < -0.3 is 29.7 Å². The molecule has 0 aromatic carbocycles. The van der Waals surface area contributed by atoms with Crippen LogP contribution < -0.4 is 15.3 Å². The molecule has 0 aromatic heterocycles. The third kappa shape index (κ3) is 42.3. The van der Waals surface area contributed by atoms with Gasteiger partial charge in [0.2, 0.25) is 0 Å². The first-order chi connectivity index (χ1) is 19.6. The molecule has 0 aliphatic rings.